The van der Waals surface area contributed by atoms with Gasteiger partial charge in [-0.15, -0.1) is 0 Å². The predicted octanol–water partition coefficient (Wildman–Crippen LogP) is 5.74. The number of fused-ring (bicyclic) bond motifs is 1. The van der Waals surface area contributed by atoms with Crippen molar-refractivity contribution in [3.05, 3.63) is 65.4 Å². The second-order valence-corrected chi connectivity index (χ2v) is 11.0. The molecule has 1 amide bonds. The first-order chi connectivity index (χ1) is 19.1. The van der Waals surface area contributed by atoms with Gasteiger partial charge in [-0.2, -0.15) is 0 Å². The van der Waals surface area contributed by atoms with E-state index in [1.54, 1.807) is 6.20 Å². The number of aliphatic hydroxyl groups excluding tert-OH is 1. The molecule has 2 N–H and O–H groups in total. The number of ether oxygens (including phenoxy) is 1. The Balaban J connectivity index is 1.38. The van der Waals surface area contributed by atoms with Gasteiger partial charge in [0, 0.05) is 49.6 Å². The quantitative estimate of drug-likeness (QED) is 0.291. The van der Waals surface area contributed by atoms with Crippen LogP contribution in [0.5, 0.6) is 5.75 Å². The molecule has 7 heteroatoms. The van der Waals surface area contributed by atoms with E-state index in [4.69, 9.17) is 4.74 Å². The maximum atomic E-state index is 13.2. The van der Waals surface area contributed by atoms with Gasteiger partial charge in [-0.1, -0.05) is 37.3 Å². The molecule has 1 aliphatic carbocycles. The third-order valence-corrected chi connectivity index (χ3v) is 7.91. The van der Waals surface area contributed by atoms with Crippen molar-refractivity contribution >= 4 is 28.3 Å². The number of piperidine rings is 1. The molecule has 2 aliphatic rings. The number of carbonyl (C=O) groups excluding carboxylic acids is 2. The lowest BCUT2D eigenvalue weighted by Gasteiger charge is -2.32. The molecular weight excluding hydrogens is 490 g/mol. The van der Waals surface area contributed by atoms with Crippen LogP contribution in [0.4, 0.5) is 5.69 Å². The molecule has 0 spiro atoms. The standard InChI is InChI=1S/C32H39N3O4/c1-2-6-31(38)35-13-11-24(12-14-35)21-39-30-17-26-28(16-25(30)20-36)33-19-27(29(37)15-22-9-10-22)32(26)34-18-23-7-4-3-5-8-23/h3-5,7-8,16-17,19,22,24,36H,2,6,9-15,18,20-21H2,1H3,(H,33,34). The van der Waals surface area contributed by atoms with Crippen LogP contribution < -0.4 is 10.1 Å². The summed E-state index contributed by atoms with van der Waals surface area (Å²) in [6.07, 6.45) is 7.74. The van der Waals surface area contributed by atoms with E-state index in [0.29, 0.717) is 60.2 Å². The number of rotatable bonds is 12. The molecule has 7 nitrogen and oxygen atoms in total. The number of nitrogens with zero attached hydrogens (tertiary/aromatic N) is 2. The summed E-state index contributed by atoms with van der Waals surface area (Å²) in [4.78, 5) is 32.1. The molecule has 3 aromatic rings. The van der Waals surface area contributed by atoms with Gasteiger partial charge >= 0.3 is 0 Å². The van der Waals surface area contributed by atoms with Crippen LogP contribution in [0, 0.1) is 11.8 Å². The molecule has 0 unspecified atom stereocenters. The monoisotopic (exact) mass is 529 g/mol. The van der Waals surface area contributed by atoms with Gasteiger partial charge in [0.05, 0.1) is 30.0 Å². The Hall–Kier alpha value is -3.45. The highest BCUT2D eigenvalue weighted by molar-refractivity contribution is 6.08. The van der Waals surface area contributed by atoms with Crippen molar-refractivity contribution < 1.29 is 19.4 Å². The number of ketones is 1. The van der Waals surface area contributed by atoms with E-state index >= 15 is 0 Å². The SMILES string of the molecule is CCCC(=O)N1CCC(COc2cc3c(NCc4ccccc4)c(C(=O)CC4CC4)cnc3cc2CO)CC1. The minimum absolute atomic E-state index is 0.112. The molecule has 1 aliphatic heterocycles. The Kier molecular flexibility index (Phi) is 8.77. The zero-order valence-electron chi connectivity index (χ0n) is 22.8. The van der Waals surface area contributed by atoms with Crippen LogP contribution in [0.15, 0.2) is 48.7 Å². The maximum Gasteiger partial charge on any atom is 0.222 e. The Morgan fingerprint density at radius 1 is 1.08 bits per heavy atom. The van der Waals surface area contributed by atoms with Crippen LogP contribution in [-0.4, -0.2) is 46.4 Å². The fourth-order valence-corrected chi connectivity index (χ4v) is 5.33. The van der Waals surface area contributed by atoms with Crippen molar-refractivity contribution in [1.82, 2.24) is 9.88 Å². The number of aliphatic hydroxyl groups is 1. The predicted molar refractivity (Wildman–Crippen MR) is 153 cm³/mol. The number of pyridine rings is 1. The van der Waals surface area contributed by atoms with Crippen molar-refractivity contribution in [2.45, 2.75) is 65.0 Å². The van der Waals surface area contributed by atoms with Gasteiger partial charge in [0.2, 0.25) is 5.91 Å². The number of hydrogen-bond donors (Lipinski definition) is 2. The second kappa shape index (κ2) is 12.6. The minimum Gasteiger partial charge on any atom is -0.493 e. The second-order valence-electron chi connectivity index (χ2n) is 11.0. The van der Waals surface area contributed by atoms with Crippen LogP contribution in [0.1, 0.15) is 73.4 Å². The summed E-state index contributed by atoms with van der Waals surface area (Å²) in [6, 6.07) is 13.9. The zero-order valence-corrected chi connectivity index (χ0v) is 22.8. The van der Waals surface area contributed by atoms with Crippen LogP contribution in [-0.2, 0) is 17.9 Å². The number of anilines is 1. The highest BCUT2D eigenvalue weighted by atomic mass is 16.5. The maximum absolute atomic E-state index is 13.2. The number of likely N-dealkylation sites (tertiary alicyclic amines) is 1. The molecule has 5 rings (SSSR count). The third-order valence-electron chi connectivity index (χ3n) is 7.91. The Morgan fingerprint density at radius 3 is 2.54 bits per heavy atom. The average Bonchev–Trinajstić information content (AvgIpc) is 3.79. The molecule has 1 aromatic heterocycles. The van der Waals surface area contributed by atoms with Gasteiger partial charge in [-0.25, -0.2) is 0 Å². The van der Waals surface area contributed by atoms with Crippen LogP contribution >= 0.6 is 0 Å². The van der Waals surface area contributed by atoms with Crippen LogP contribution in [0.2, 0.25) is 0 Å². The summed E-state index contributed by atoms with van der Waals surface area (Å²) >= 11 is 0. The number of carbonyl (C=O) groups is 2. The number of benzene rings is 2. The lowest BCUT2D eigenvalue weighted by atomic mass is 9.97. The lowest BCUT2D eigenvalue weighted by molar-refractivity contribution is -0.132. The van der Waals surface area contributed by atoms with Crippen molar-refractivity contribution in [1.29, 1.82) is 0 Å². The van der Waals surface area contributed by atoms with E-state index in [0.717, 1.165) is 61.8 Å². The molecule has 0 atom stereocenters. The smallest absolute Gasteiger partial charge is 0.222 e. The van der Waals surface area contributed by atoms with Crippen LogP contribution in [0.25, 0.3) is 10.9 Å². The van der Waals surface area contributed by atoms with Crippen molar-refractivity contribution in [3.63, 3.8) is 0 Å². The number of amides is 1. The first-order valence-corrected chi connectivity index (χ1v) is 14.3. The molecule has 2 heterocycles. The normalized spacial score (nSPS) is 15.9. The van der Waals surface area contributed by atoms with E-state index < -0.39 is 0 Å². The lowest BCUT2D eigenvalue weighted by Crippen LogP contribution is -2.39. The Bertz CT molecular complexity index is 1300. The number of Topliss-reactive ketones (excluding diaryl/α,β-unsaturated/α-hetero) is 1. The number of nitrogens with one attached hydrogen (secondary N) is 1. The summed E-state index contributed by atoms with van der Waals surface area (Å²) in [5.74, 6) is 1.79. The topological polar surface area (TPSA) is 91.8 Å². The first kappa shape index (κ1) is 27.1. The molecule has 1 saturated heterocycles. The van der Waals surface area contributed by atoms with Crippen molar-refractivity contribution in [2.24, 2.45) is 11.8 Å². The van der Waals surface area contributed by atoms with Gasteiger partial charge in [0.1, 0.15) is 5.75 Å². The molecule has 2 aromatic carbocycles. The summed E-state index contributed by atoms with van der Waals surface area (Å²) in [5.41, 5.74) is 3.89. The summed E-state index contributed by atoms with van der Waals surface area (Å²) in [5, 5.41) is 14.5. The minimum atomic E-state index is -0.161. The van der Waals surface area contributed by atoms with E-state index in [1.165, 1.54) is 0 Å². The largest absolute Gasteiger partial charge is 0.493 e. The molecule has 206 valence electrons. The molecule has 0 bridgehead atoms. The highest BCUT2D eigenvalue weighted by Crippen LogP contribution is 2.37. The zero-order chi connectivity index (χ0) is 27.2. The number of hydrogen-bond acceptors (Lipinski definition) is 6. The summed E-state index contributed by atoms with van der Waals surface area (Å²) < 4.78 is 6.31. The van der Waals surface area contributed by atoms with Gasteiger partial charge in [0.15, 0.2) is 5.78 Å². The Labute approximate surface area is 230 Å². The molecule has 2 fully saturated rings. The Morgan fingerprint density at radius 2 is 1.85 bits per heavy atom. The highest BCUT2D eigenvalue weighted by Gasteiger charge is 2.27. The fraction of sp³-hybridized carbons (Fsp3) is 0.469. The summed E-state index contributed by atoms with van der Waals surface area (Å²) in [7, 11) is 0. The van der Waals surface area contributed by atoms with E-state index in [9.17, 15) is 14.7 Å². The number of aromatic nitrogens is 1. The fourth-order valence-electron chi connectivity index (χ4n) is 5.33. The summed E-state index contributed by atoms with van der Waals surface area (Å²) in [6.45, 7) is 4.51. The van der Waals surface area contributed by atoms with E-state index in [2.05, 4.69) is 22.4 Å². The van der Waals surface area contributed by atoms with Gasteiger partial charge in [-0.3, -0.25) is 14.6 Å². The van der Waals surface area contributed by atoms with Gasteiger partial charge in [-0.05, 0) is 61.6 Å². The van der Waals surface area contributed by atoms with Gasteiger partial charge < -0.3 is 20.1 Å². The van der Waals surface area contributed by atoms with Crippen LogP contribution in [0.3, 0.4) is 0 Å². The molecule has 1 saturated carbocycles. The first-order valence-electron chi connectivity index (χ1n) is 14.3. The third kappa shape index (κ3) is 6.77. The molecule has 39 heavy (non-hydrogen) atoms. The van der Waals surface area contributed by atoms with Crippen molar-refractivity contribution in [2.75, 3.05) is 25.0 Å². The van der Waals surface area contributed by atoms with E-state index in [1.807, 2.05) is 42.2 Å². The van der Waals surface area contributed by atoms with E-state index in [-0.39, 0.29) is 18.3 Å². The van der Waals surface area contributed by atoms with Gasteiger partial charge in [0.25, 0.3) is 0 Å². The molecular formula is C32H39N3O4. The van der Waals surface area contributed by atoms with Crippen molar-refractivity contribution in [3.8, 4) is 5.75 Å². The average molecular weight is 530 g/mol. The molecule has 0 radical (unpaired) electrons.